The molecule has 1 rings (SSSR count). The Morgan fingerprint density at radius 1 is 1.36 bits per heavy atom. The molecular weight excluding hydrogens is 196 g/mol. The number of benzene rings is 1. The van der Waals surface area contributed by atoms with Gasteiger partial charge in [-0.15, -0.1) is 5.46 Å². The van der Waals surface area contributed by atoms with E-state index in [0.29, 0.717) is 0 Å². The maximum absolute atomic E-state index is 12.2. The monoisotopic (exact) mass is 203 g/mol. The number of nitrogens with two attached hydrogens (primary N) is 1. The molecule has 2 amide bonds. The highest BCUT2D eigenvalue weighted by Gasteiger charge is 2.25. The van der Waals surface area contributed by atoms with E-state index in [0.717, 1.165) is 12.1 Å². The molecular formula is C7H7BF3N2O-. The van der Waals surface area contributed by atoms with Crippen LogP contribution in [-0.2, 0) is 0 Å². The van der Waals surface area contributed by atoms with Gasteiger partial charge in [0.05, 0.1) is 0 Å². The van der Waals surface area contributed by atoms with Crippen LogP contribution in [0.5, 0.6) is 0 Å². The minimum atomic E-state index is -5.05. The van der Waals surface area contributed by atoms with Crippen LogP contribution in [0, 0.1) is 0 Å². The summed E-state index contributed by atoms with van der Waals surface area (Å²) in [7, 11) is 0. The van der Waals surface area contributed by atoms with Gasteiger partial charge in [-0.3, -0.25) is 0 Å². The van der Waals surface area contributed by atoms with Gasteiger partial charge in [-0.1, -0.05) is 18.2 Å². The third kappa shape index (κ3) is 2.68. The number of hydrogen-bond donors (Lipinski definition) is 2. The maximum Gasteiger partial charge on any atom is 0.509 e. The lowest BCUT2D eigenvalue weighted by Crippen LogP contribution is -2.34. The summed E-state index contributed by atoms with van der Waals surface area (Å²) < 4.78 is 36.7. The first-order valence-corrected chi connectivity index (χ1v) is 3.76. The van der Waals surface area contributed by atoms with E-state index in [4.69, 9.17) is 5.73 Å². The van der Waals surface area contributed by atoms with Crippen molar-refractivity contribution in [2.24, 2.45) is 5.73 Å². The molecule has 0 radical (unpaired) electrons. The Morgan fingerprint density at radius 3 is 2.50 bits per heavy atom. The van der Waals surface area contributed by atoms with Crippen LogP contribution in [0.2, 0.25) is 0 Å². The van der Waals surface area contributed by atoms with E-state index in [-0.39, 0.29) is 5.69 Å². The summed E-state index contributed by atoms with van der Waals surface area (Å²) in [6.07, 6.45) is 0. The SMILES string of the molecule is NC(=O)Nc1cccc([B-](F)(F)F)c1. The zero-order valence-electron chi connectivity index (χ0n) is 7.01. The minimum absolute atomic E-state index is 0.0363. The molecule has 0 atom stereocenters. The number of nitrogens with one attached hydrogen (secondary N) is 1. The first kappa shape index (κ1) is 10.4. The molecule has 3 N–H and O–H groups in total. The van der Waals surface area contributed by atoms with Crippen molar-refractivity contribution >= 4 is 24.2 Å². The topological polar surface area (TPSA) is 55.1 Å². The van der Waals surface area contributed by atoms with Gasteiger partial charge >= 0.3 is 13.0 Å². The second-order valence-corrected chi connectivity index (χ2v) is 2.69. The summed E-state index contributed by atoms with van der Waals surface area (Å²) in [6.45, 7) is -5.05. The molecule has 0 aliphatic rings. The van der Waals surface area contributed by atoms with E-state index < -0.39 is 18.5 Å². The average molecular weight is 203 g/mol. The molecule has 3 nitrogen and oxygen atoms in total. The molecule has 0 unspecified atom stereocenters. The molecule has 0 aliphatic carbocycles. The lowest BCUT2D eigenvalue weighted by Gasteiger charge is -2.15. The normalized spacial score (nSPS) is 11.1. The third-order valence-electron chi connectivity index (χ3n) is 1.53. The van der Waals surface area contributed by atoms with Gasteiger partial charge in [0.2, 0.25) is 0 Å². The molecule has 7 heteroatoms. The molecule has 0 saturated carbocycles. The summed E-state index contributed by atoms with van der Waals surface area (Å²) in [5, 5.41) is 2.07. The Kier molecular flexibility index (Phi) is 2.69. The number of hydrogen-bond acceptors (Lipinski definition) is 1. The number of carbonyl (C=O) groups excluding carboxylic acids is 1. The highest BCUT2D eigenvalue weighted by molar-refractivity contribution is 6.73. The number of primary amides is 1. The summed E-state index contributed by atoms with van der Waals surface area (Å²) in [5.41, 5.74) is 4.03. The van der Waals surface area contributed by atoms with Crippen LogP contribution in [0.1, 0.15) is 0 Å². The molecule has 1 aromatic carbocycles. The Bertz CT molecular complexity index is 353. The van der Waals surface area contributed by atoms with Crippen molar-refractivity contribution in [3.8, 4) is 0 Å². The van der Waals surface area contributed by atoms with E-state index >= 15 is 0 Å². The summed E-state index contributed by atoms with van der Waals surface area (Å²) in [6, 6.07) is 3.42. The highest BCUT2D eigenvalue weighted by Crippen LogP contribution is 2.12. The van der Waals surface area contributed by atoms with Gasteiger partial charge in [0.1, 0.15) is 0 Å². The maximum atomic E-state index is 12.2. The minimum Gasteiger partial charge on any atom is -0.445 e. The fourth-order valence-electron chi connectivity index (χ4n) is 0.962. The summed E-state index contributed by atoms with van der Waals surface area (Å²) in [4.78, 5) is 10.4. The summed E-state index contributed by atoms with van der Waals surface area (Å²) in [5.74, 6) is 0. The van der Waals surface area contributed by atoms with Gasteiger partial charge in [-0.2, -0.15) is 0 Å². The molecule has 76 valence electrons. The van der Waals surface area contributed by atoms with Crippen molar-refractivity contribution in [3.05, 3.63) is 24.3 Å². The van der Waals surface area contributed by atoms with Gasteiger partial charge < -0.3 is 24.0 Å². The smallest absolute Gasteiger partial charge is 0.445 e. The van der Waals surface area contributed by atoms with Crippen LogP contribution in [0.25, 0.3) is 0 Å². The largest absolute Gasteiger partial charge is 0.509 e. The number of amides is 2. The van der Waals surface area contributed by atoms with Crippen molar-refractivity contribution in [1.82, 2.24) is 0 Å². The zero-order valence-corrected chi connectivity index (χ0v) is 7.01. The first-order chi connectivity index (χ1) is 6.39. The number of anilines is 1. The van der Waals surface area contributed by atoms with E-state index in [1.807, 2.05) is 0 Å². The van der Waals surface area contributed by atoms with Gasteiger partial charge in [0.25, 0.3) is 0 Å². The number of urea groups is 1. The Labute approximate surface area is 78.2 Å². The molecule has 0 spiro atoms. The third-order valence-corrected chi connectivity index (χ3v) is 1.53. The van der Waals surface area contributed by atoms with Crippen molar-refractivity contribution in [1.29, 1.82) is 0 Å². The van der Waals surface area contributed by atoms with E-state index in [9.17, 15) is 17.7 Å². The van der Waals surface area contributed by atoms with E-state index in [1.165, 1.54) is 12.1 Å². The molecule has 0 bridgehead atoms. The van der Waals surface area contributed by atoms with Gasteiger partial charge in [-0.05, 0) is 6.07 Å². The van der Waals surface area contributed by atoms with Crippen molar-refractivity contribution in [2.75, 3.05) is 5.32 Å². The van der Waals surface area contributed by atoms with E-state index in [1.54, 1.807) is 0 Å². The zero-order chi connectivity index (χ0) is 10.8. The molecule has 1 aromatic rings. The standard InChI is InChI=1S/C7H7BF3N2O/c9-8(10,11)5-2-1-3-6(4-5)13-7(12)14/h1-4H,(H3,12,13,14)/q-1. The molecule has 0 heterocycles. The van der Waals surface area contributed by atoms with Gasteiger partial charge in [0.15, 0.2) is 0 Å². The Hall–Kier alpha value is -1.66. The fraction of sp³-hybridized carbons (Fsp3) is 0. The Balaban J connectivity index is 2.95. The average Bonchev–Trinajstić information content (AvgIpc) is 2.01. The van der Waals surface area contributed by atoms with Crippen molar-refractivity contribution < 1.29 is 17.7 Å². The van der Waals surface area contributed by atoms with Crippen molar-refractivity contribution in [3.63, 3.8) is 0 Å². The van der Waals surface area contributed by atoms with Crippen LogP contribution in [0.15, 0.2) is 24.3 Å². The highest BCUT2D eigenvalue weighted by atomic mass is 19.4. The van der Waals surface area contributed by atoms with Crippen LogP contribution < -0.4 is 16.5 Å². The lowest BCUT2D eigenvalue weighted by molar-refractivity contribution is 0.259. The molecule has 14 heavy (non-hydrogen) atoms. The van der Waals surface area contributed by atoms with Gasteiger partial charge in [-0.25, -0.2) is 4.79 Å². The quantitative estimate of drug-likeness (QED) is 0.697. The predicted octanol–water partition coefficient (Wildman–Crippen LogP) is 1.23. The van der Waals surface area contributed by atoms with Gasteiger partial charge in [0, 0.05) is 5.69 Å². The fourth-order valence-corrected chi connectivity index (χ4v) is 0.962. The number of carbonyl (C=O) groups is 1. The van der Waals surface area contributed by atoms with Crippen LogP contribution in [0.4, 0.5) is 23.4 Å². The molecule has 0 aliphatic heterocycles. The second kappa shape index (κ2) is 3.61. The number of halogens is 3. The van der Waals surface area contributed by atoms with Crippen LogP contribution >= 0.6 is 0 Å². The Morgan fingerprint density at radius 2 is 2.00 bits per heavy atom. The molecule has 0 fully saturated rings. The van der Waals surface area contributed by atoms with Crippen LogP contribution in [0.3, 0.4) is 0 Å². The summed E-state index contributed by atoms with van der Waals surface area (Å²) >= 11 is 0. The van der Waals surface area contributed by atoms with Crippen LogP contribution in [-0.4, -0.2) is 13.0 Å². The van der Waals surface area contributed by atoms with Crippen molar-refractivity contribution in [2.45, 2.75) is 0 Å². The first-order valence-electron chi connectivity index (χ1n) is 3.76. The molecule has 0 aromatic heterocycles. The lowest BCUT2D eigenvalue weighted by atomic mass is 9.80. The number of rotatable bonds is 2. The second-order valence-electron chi connectivity index (χ2n) is 2.69. The molecule has 0 saturated heterocycles. The predicted molar refractivity (Wildman–Crippen MR) is 48.4 cm³/mol. The van der Waals surface area contributed by atoms with E-state index in [2.05, 4.69) is 5.32 Å².